The van der Waals surface area contributed by atoms with Gasteiger partial charge in [0.05, 0.1) is 35.9 Å². The molecule has 2 heterocycles. The predicted octanol–water partition coefficient (Wildman–Crippen LogP) is 5.71. The Morgan fingerprint density at radius 2 is 1.95 bits per heavy atom. The number of ether oxygens (including phenoxy) is 1. The van der Waals surface area contributed by atoms with Crippen LogP contribution in [0.25, 0.3) is 10.9 Å². The van der Waals surface area contributed by atoms with E-state index < -0.39 is 40.6 Å². The van der Waals surface area contributed by atoms with E-state index in [2.05, 4.69) is 5.32 Å². The molecule has 0 spiro atoms. The molecule has 0 amide bonds. The van der Waals surface area contributed by atoms with Crippen molar-refractivity contribution < 1.29 is 22.7 Å². The predicted molar refractivity (Wildman–Crippen MR) is 148 cm³/mol. The minimum absolute atomic E-state index is 0.00504. The molecule has 1 N–H and O–H groups in total. The van der Waals surface area contributed by atoms with E-state index in [9.17, 15) is 14.0 Å². The second-order valence-electron chi connectivity index (χ2n) is 11.6. The molecule has 5 atom stereocenters. The summed E-state index contributed by atoms with van der Waals surface area (Å²) in [7, 11) is 0. The Labute approximate surface area is 231 Å². The van der Waals surface area contributed by atoms with E-state index >= 15 is 8.78 Å². The van der Waals surface area contributed by atoms with E-state index in [1.54, 1.807) is 23.3 Å². The zero-order valence-corrected chi connectivity index (χ0v) is 23.0. The molecule has 9 heteroatoms. The number of esters is 1. The van der Waals surface area contributed by atoms with Gasteiger partial charge in [0.1, 0.15) is 23.2 Å². The van der Waals surface area contributed by atoms with E-state index in [0.717, 1.165) is 18.1 Å². The minimum atomic E-state index is -1.57. The van der Waals surface area contributed by atoms with Gasteiger partial charge >= 0.3 is 5.97 Å². The topological polar surface area (TPSA) is 63.6 Å². The first-order chi connectivity index (χ1) is 19.1. The van der Waals surface area contributed by atoms with Gasteiger partial charge in [0.2, 0.25) is 5.43 Å². The Balaban J connectivity index is 1.44. The maximum atomic E-state index is 16.7. The molecule has 6 rings (SSSR count). The van der Waals surface area contributed by atoms with Crippen molar-refractivity contribution in [3.8, 4) is 0 Å². The van der Waals surface area contributed by atoms with E-state index in [1.165, 1.54) is 6.20 Å². The highest BCUT2D eigenvalue weighted by atomic mass is 19.1. The van der Waals surface area contributed by atoms with Crippen molar-refractivity contribution in [3.63, 3.8) is 0 Å². The fourth-order valence-electron chi connectivity index (χ4n) is 7.03. The molecule has 3 aliphatic rings. The largest absolute Gasteiger partial charge is 0.462 e. The summed E-state index contributed by atoms with van der Waals surface area (Å²) in [5, 5.41) is 3.57. The van der Waals surface area contributed by atoms with Crippen molar-refractivity contribution >= 4 is 22.6 Å². The summed E-state index contributed by atoms with van der Waals surface area (Å²) in [5.41, 5.74) is -1.31. The third-order valence-corrected chi connectivity index (χ3v) is 9.06. The first kappa shape index (κ1) is 26.9. The Bertz CT molecular complexity index is 1540. The standard InChI is InChI=1S/C31H34F3N3O3/c1-4-40-29(39)22-15-37(25-14-23(25)32)26-18(2)27(24(33)13-21(26)28(22)38)36-16-30(34)11-8-12-31(30,17-36)35-19(3)20-9-6-5-7-10-20/h5-7,9-10,13,15,19,23,25,35H,4,8,11-12,14,16-17H2,1-3H3/t19-,23-,25+,30+,31-/m0/s1. The molecule has 3 fully saturated rings. The zero-order valence-electron chi connectivity index (χ0n) is 23.0. The van der Waals surface area contributed by atoms with Crippen LogP contribution in [0.5, 0.6) is 0 Å². The second-order valence-corrected chi connectivity index (χ2v) is 11.6. The molecule has 3 aromatic rings. The van der Waals surface area contributed by atoms with Gasteiger partial charge in [-0.2, -0.15) is 0 Å². The molecule has 1 aromatic heterocycles. The molecule has 6 nitrogen and oxygen atoms in total. The molecule has 2 aromatic carbocycles. The van der Waals surface area contributed by atoms with Gasteiger partial charge in [-0.05, 0) is 57.2 Å². The SMILES string of the molecule is CCOC(=O)c1cn([C@@H]2C[C@@H]2F)c2c(C)c(N3C[C@]4(F)CCC[C@]4(N[C@@H](C)c4ccccc4)C3)c(F)cc2c1=O. The first-order valence-electron chi connectivity index (χ1n) is 14.0. The zero-order chi connectivity index (χ0) is 28.4. The number of carbonyl (C=O) groups excluding carboxylic acids is 1. The number of hydrogen-bond donors (Lipinski definition) is 1. The average Bonchev–Trinajstić information content (AvgIpc) is 3.47. The monoisotopic (exact) mass is 553 g/mol. The van der Waals surface area contributed by atoms with Gasteiger partial charge in [0.15, 0.2) is 0 Å². The van der Waals surface area contributed by atoms with Crippen molar-refractivity contribution in [2.75, 3.05) is 24.6 Å². The lowest BCUT2D eigenvalue weighted by atomic mass is 9.86. The normalized spacial score (nSPS) is 28.1. The third kappa shape index (κ3) is 4.12. The van der Waals surface area contributed by atoms with Crippen molar-refractivity contribution in [2.24, 2.45) is 0 Å². The highest BCUT2D eigenvalue weighted by Crippen LogP contribution is 2.51. The summed E-state index contributed by atoms with van der Waals surface area (Å²) in [6.45, 7) is 5.64. The number of nitrogens with one attached hydrogen (secondary N) is 1. The van der Waals surface area contributed by atoms with Crippen LogP contribution in [-0.2, 0) is 4.74 Å². The van der Waals surface area contributed by atoms with E-state index in [1.807, 2.05) is 37.3 Å². The van der Waals surface area contributed by atoms with Crippen LogP contribution in [0.1, 0.15) is 73.1 Å². The Kier molecular flexibility index (Phi) is 6.48. The number of pyridine rings is 1. The minimum Gasteiger partial charge on any atom is -0.462 e. The Hall–Kier alpha value is -3.33. The van der Waals surface area contributed by atoms with Gasteiger partial charge in [-0.1, -0.05) is 30.3 Å². The summed E-state index contributed by atoms with van der Waals surface area (Å²) in [6.07, 6.45) is 2.14. The molecule has 1 saturated heterocycles. The van der Waals surface area contributed by atoms with Crippen LogP contribution in [0.3, 0.4) is 0 Å². The Morgan fingerprint density at radius 1 is 1.23 bits per heavy atom. The molecule has 212 valence electrons. The van der Waals surface area contributed by atoms with Crippen molar-refractivity contribution in [3.05, 3.63) is 75.3 Å². The van der Waals surface area contributed by atoms with Crippen molar-refractivity contribution in [2.45, 2.75) is 75.9 Å². The lowest BCUT2D eigenvalue weighted by Gasteiger charge is -2.37. The fraction of sp³-hybridized carbons (Fsp3) is 0.484. The van der Waals surface area contributed by atoms with Gasteiger partial charge in [-0.3, -0.25) is 4.79 Å². The van der Waals surface area contributed by atoms with Crippen LogP contribution >= 0.6 is 0 Å². The molecular formula is C31H34F3N3O3. The number of hydrogen-bond acceptors (Lipinski definition) is 5. The van der Waals surface area contributed by atoms with Crippen LogP contribution in [0.15, 0.2) is 47.4 Å². The second kappa shape index (κ2) is 9.65. The summed E-state index contributed by atoms with van der Waals surface area (Å²) in [5.74, 6) is -1.49. The van der Waals surface area contributed by atoms with Crippen molar-refractivity contribution in [1.29, 1.82) is 0 Å². The van der Waals surface area contributed by atoms with E-state index in [0.29, 0.717) is 23.9 Å². The molecule has 40 heavy (non-hydrogen) atoms. The summed E-state index contributed by atoms with van der Waals surface area (Å²) in [4.78, 5) is 27.6. The van der Waals surface area contributed by atoms with E-state index in [4.69, 9.17) is 4.74 Å². The average molecular weight is 554 g/mol. The maximum Gasteiger partial charge on any atom is 0.343 e. The fourth-order valence-corrected chi connectivity index (χ4v) is 7.03. The third-order valence-electron chi connectivity index (χ3n) is 9.06. The summed E-state index contributed by atoms with van der Waals surface area (Å²) >= 11 is 0. The first-order valence-corrected chi connectivity index (χ1v) is 14.0. The van der Waals surface area contributed by atoms with Crippen LogP contribution in [0.2, 0.25) is 0 Å². The number of alkyl halides is 2. The number of nitrogens with zero attached hydrogens (tertiary/aromatic N) is 2. The quantitative estimate of drug-likeness (QED) is 0.380. The van der Waals surface area contributed by atoms with Gasteiger partial charge < -0.3 is 19.5 Å². The number of benzene rings is 2. The number of carbonyl (C=O) groups is 1. The molecular weight excluding hydrogens is 519 g/mol. The van der Waals surface area contributed by atoms with Gasteiger partial charge in [0, 0.05) is 30.6 Å². The van der Waals surface area contributed by atoms with Gasteiger partial charge in [0.25, 0.3) is 0 Å². The molecule has 2 aliphatic carbocycles. The highest BCUT2D eigenvalue weighted by molar-refractivity contribution is 5.96. The summed E-state index contributed by atoms with van der Waals surface area (Å²) < 4.78 is 53.6. The Morgan fingerprint density at radius 3 is 2.62 bits per heavy atom. The van der Waals surface area contributed by atoms with Crippen LogP contribution in [0, 0.1) is 12.7 Å². The molecule has 0 radical (unpaired) electrons. The van der Waals surface area contributed by atoms with E-state index in [-0.39, 0.29) is 48.8 Å². The molecule has 0 unspecified atom stereocenters. The number of fused-ring (bicyclic) bond motifs is 2. The lowest BCUT2D eigenvalue weighted by molar-refractivity contribution is 0.0524. The van der Waals surface area contributed by atoms with Crippen LogP contribution in [0.4, 0.5) is 18.9 Å². The number of aryl methyl sites for hydroxylation is 1. The summed E-state index contributed by atoms with van der Waals surface area (Å²) in [6, 6.07) is 10.3. The van der Waals surface area contributed by atoms with Gasteiger partial charge in [-0.15, -0.1) is 0 Å². The number of rotatable bonds is 7. The lowest BCUT2D eigenvalue weighted by Crippen LogP contribution is -2.57. The highest BCUT2D eigenvalue weighted by Gasteiger charge is 2.62. The molecule has 0 bridgehead atoms. The number of aromatic nitrogens is 1. The molecule has 2 saturated carbocycles. The van der Waals surface area contributed by atoms with Gasteiger partial charge in [-0.25, -0.2) is 18.0 Å². The molecule has 1 aliphatic heterocycles. The van der Waals surface area contributed by atoms with Crippen LogP contribution in [-0.4, -0.2) is 47.6 Å². The smallest absolute Gasteiger partial charge is 0.343 e. The van der Waals surface area contributed by atoms with Crippen LogP contribution < -0.4 is 15.6 Å². The number of anilines is 1. The van der Waals surface area contributed by atoms with Crippen molar-refractivity contribution in [1.82, 2.24) is 9.88 Å². The maximum absolute atomic E-state index is 16.7. The number of halogens is 3.